The highest BCUT2D eigenvalue weighted by molar-refractivity contribution is 7.92. The van der Waals surface area contributed by atoms with Gasteiger partial charge in [-0.05, 0) is 26.2 Å². The van der Waals surface area contributed by atoms with Crippen LogP contribution < -0.4 is 5.73 Å². The maximum Gasteiger partial charge on any atom is 0.221 e. The van der Waals surface area contributed by atoms with Gasteiger partial charge in [0.25, 0.3) is 0 Å². The molecule has 0 aromatic carbocycles. The highest BCUT2D eigenvalue weighted by Gasteiger charge is 2.38. The molecule has 0 saturated carbocycles. The molecule has 1 heterocycles. The van der Waals surface area contributed by atoms with Gasteiger partial charge in [0.15, 0.2) is 0 Å². The molecule has 15 heavy (non-hydrogen) atoms. The Labute approximate surface area is 96.9 Å². The third-order valence-electron chi connectivity index (χ3n) is 2.83. The van der Waals surface area contributed by atoms with Crippen LogP contribution in [0.4, 0.5) is 0 Å². The van der Waals surface area contributed by atoms with Gasteiger partial charge in [-0.25, -0.2) is 8.42 Å². The van der Waals surface area contributed by atoms with E-state index in [9.17, 15) is 8.42 Å². The zero-order valence-corrected chi connectivity index (χ0v) is 10.8. The van der Waals surface area contributed by atoms with Crippen LogP contribution in [0.3, 0.4) is 0 Å². The monoisotopic (exact) mass is 250 g/mol. The number of sulfonamides is 1. The highest BCUT2D eigenvalue weighted by Crippen LogP contribution is 2.29. The number of hydrogen-bond donors (Lipinski definition) is 1. The first-order chi connectivity index (χ1) is 6.88. The molecule has 0 aromatic rings. The van der Waals surface area contributed by atoms with Crippen LogP contribution in [0.15, 0.2) is 0 Å². The van der Waals surface area contributed by atoms with E-state index in [1.807, 2.05) is 13.8 Å². The minimum absolute atomic E-state index is 0.0453. The third-order valence-corrected chi connectivity index (χ3v) is 5.13. The fraction of sp³-hybridized carbons (Fsp3) is 0.889. The maximum absolute atomic E-state index is 12.0. The van der Waals surface area contributed by atoms with E-state index >= 15 is 0 Å². The van der Waals surface area contributed by atoms with Crippen molar-refractivity contribution in [2.45, 2.75) is 45.2 Å². The van der Waals surface area contributed by atoms with Gasteiger partial charge in [-0.15, -0.1) is 0 Å². The first-order valence-electron chi connectivity index (χ1n) is 5.18. The van der Waals surface area contributed by atoms with Crippen molar-refractivity contribution in [1.82, 2.24) is 4.31 Å². The van der Waals surface area contributed by atoms with Gasteiger partial charge >= 0.3 is 0 Å². The molecule has 0 aromatic heterocycles. The molecule has 4 nitrogen and oxygen atoms in total. The van der Waals surface area contributed by atoms with E-state index < -0.39 is 10.0 Å². The van der Waals surface area contributed by atoms with Crippen LogP contribution in [0.5, 0.6) is 0 Å². The van der Waals surface area contributed by atoms with Gasteiger partial charge in [0, 0.05) is 12.1 Å². The molecule has 1 rings (SSSR count). The molecule has 6 heteroatoms. The molecular weight excluding hydrogens is 232 g/mol. The first-order valence-corrected chi connectivity index (χ1v) is 7.19. The Balaban J connectivity index is 2.89. The second kappa shape index (κ2) is 4.76. The molecule has 1 aliphatic heterocycles. The Bertz CT molecular complexity index is 340. The minimum Gasteiger partial charge on any atom is -0.392 e. The maximum atomic E-state index is 12.0. The van der Waals surface area contributed by atoms with Gasteiger partial charge in [0.2, 0.25) is 10.0 Å². The second-order valence-electron chi connectivity index (χ2n) is 4.04. The topological polar surface area (TPSA) is 63.4 Å². The first kappa shape index (κ1) is 12.9. The van der Waals surface area contributed by atoms with E-state index in [4.69, 9.17) is 5.73 Å². The second-order valence-corrected chi connectivity index (χ2v) is 6.44. The lowest BCUT2D eigenvalue weighted by Gasteiger charge is -2.26. The van der Waals surface area contributed by atoms with Crippen molar-refractivity contribution in [3.8, 4) is 0 Å². The number of rotatable bonds is 4. The molecule has 1 aliphatic rings. The number of nitrogens with two attached hydrogens (primary N) is 1. The standard InChI is InChI=1S/C9H18N2O2S2/c1-3-8-5-4-7(2)11(8)15(12,13)6-9(10)14/h7-8H,3-6H2,1-2H3,(H2,10,14). The molecule has 0 spiro atoms. The summed E-state index contributed by atoms with van der Waals surface area (Å²) >= 11 is 4.66. The van der Waals surface area contributed by atoms with Gasteiger partial charge in [0.1, 0.15) is 5.75 Å². The summed E-state index contributed by atoms with van der Waals surface area (Å²) in [5.74, 6) is -0.205. The Morgan fingerprint density at radius 1 is 1.53 bits per heavy atom. The molecule has 2 N–H and O–H groups in total. The molecule has 0 bridgehead atoms. The Hall–Kier alpha value is -0.200. The summed E-state index contributed by atoms with van der Waals surface area (Å²) in [7, 11) is -3.30. The number of nitrogens with zero attached hydrogens (tertiary/aromatic N) is 1. The van der Waals surface area contributed by atoms with Gasteiger partial charge in [-0.1, -0.05) is 19.1 Å². The van der Waals surface area contributed by atoms with Gasteiger partial charge < -0.3 is 5.73 Å². The summed E-state index contributed by atoms with van der Waals surface area (Å²) < 4.78 is 25.6. The minimum atomic E-state index is -3.30. The molecular formula is C9H18N2O2S2. The van der Waals surface area contributed by atoms with Gasteiger partial charge in [0.05, 0.1) is 4.99 Å². The fourth-order valence-electron chi connectivity index (χ4n) is 2.19. The Kier molecular flexibility index (Phi) is 4.08. The van der Waals surface area contributed by atoms with Crippen LogP contribution in [-0.2, 0) is 10.0 Å². The number of thiocarbonyl (C=S) groups is 1. The molecule has 0 radical (unpaired) electrons. The van der Waals surface area contributed by atoms with Crippen LogP contribution in [0, 0.1) is 0 Å². The molecule has 2 atom stereocenters. The normalized spacial score (nSPS) is 28.1. The summed E-state index contributed by atoms with van der Waals surface area (Å²) in [5, 5.41) is 0. The van der Waals surface area contributed by atoms with Crippen molar-refractivity contribution in [1.29, 1.82) is 0 Å². The van der Waals surface area contributed by atoms with Crippen LogP contribution in [0.2, 0.25) is 0 Å². The highest BCUT2D eigenvalue weighted by atomic mass is 32.2. The lowest BCUT2D eigenvalue weighted by atomic mass is 10.2. The zero-order valence-electron chi connectivity index (χ0n) is 9.14. The average molecular weight is 250 g/mol. The largest absolute Gasteiger partial charge is 0.392 e. The van der Waals surface area contributed by atoms with Crippen LogP contribution in [0.25, 0.3) is 0 Å². The van der Waals surface area contributed by atoms with E-state index in [1.165, 1.54) is 0 Å². The van der Waals surface area contributed by atoms with E-state index in [2.05, 4.69) is 12.2 Å². The van der Waals surface area contributed by atoms with Crippen molar-refractivity contribution < 1.29 is 8.42 Å². The van der Waals surface area contributed by atoms with Crippen LogP contribution >= 0.6 is 12.2 Å². The molecule has 1 saturated heterocycles. The van der Waals surface area contributed by atoms with Crippen LogP contribution in [-0.4, -0.2) is 35.5 Å². The predicted octanol–water partition coefficient (Wildman–Crippen LogP) is 0.865. The van der Waals surface area contributed by atoms with Crippen molar-refractivity contribution in [3.63, 3.8) is 0 Å². The summed E-state index contributed by atoms with van der Waals surface area (Å²) in [6.07, 6.45) is 2.71. The fourth-order valence-corrected chi connectivity index (χ4v) is 4.51. The Morgan fingerprint density at radius 3 is 2.60 bits per heavy atom. The zero-order chi connectivity index (χ0) is 11.6. The Morgan fingerprint density at radius 2 is 2.13 bits per heavy atom. The summed E-state index contributed by atoms with van der Waals surface area (Å²) in [4.78, 5) is 0.0453. The van der Waals surface area contributed by atoms with Crippen LogP contribution in [0.1, 0.15) is 33.1 Å². The smallest absolute Gasteiger partial charge is 0.221 e. The lowest BCUT2D eigenvalue weighted by Crippen LogP contribution is -2.43. The van der Waals surface area contributed by atoms with Gasteiger partial charge in [-0.3, -0.25) is 0 Å². The quantitative estimate of drug-likeness (QED) is 0.752. The number of hydrogen-bond acceptors (Lipinski definition) is 3. The third kappa shape index (κ3) is 2.89. The summed E-state index contributed by atoms with van der Waals surface area (Å²) in [5.41, 5.74) is 5.30. The van der Waals surface area contributed by atoms with Crippen molar-refractivity contribution in [2.24, 2.45) is 5.73 Å². The predicted molar refractivity (Wildman–Crippen MR) is 65.2 cm³/mol. The van der Waals surface area contributed by atoms with Gasteiger partial charge in [-0.2, -0.15) is 4.31 Å². The van der Waals surface area contributed by atoms with E-state index in [-0.39, 0.29) is 22.8 Å². The summed E-state index contributed by atoms with van der Waals surface area (Å²) in [6, 6.07) is 0.202. The van der Waals surface area contributed by atoms with Crippen molar-refractivity contribution in [2.75, 3.05) is 5.75 Å². The molecule has 0 aliphatic carbocycles. The molecule has 0 amide bonds. The molecule has 2 unspecified atom stereocenters. The SMILES string of the molecule is CCC1CCC(C)N1S(=O)(=O)CC(N)=S. The van der Waals surface area contributed by atoms with Crippen molar-refractivity contribution in [3.05, 3.63) is 0 Å². The lowest BCUT2D eigenvalue weighted by molar-refractivity contribution is 0.330. The van der Waals surface area contributed by atoms with E-state index in [0.717, 1.165) is 19.3 Å². The summed E-state index contributed by atoms with van der Waals surface area (Å²) in [6.45, 7) is 3.94. The van der Waals surface area contributed by atoms with E-state index in [0.29, 0.717) is 0 Å². The van der Waals surface area contributed by atoms with Crippen molar-refractivity contribution >= 4 is 27.2 Å². The molecule has 1 fully saturated rings. The van der Waals surface area contributed by atoms with E-state index in [1.54, 1.807) is 4.31 Å². The average Bonchev–Trinajstić information content (AvgIpc) is 2.44. The molecule has 88 valence electrons.